The van der Waals surface area contributed by atoms with Crippen molar-refractivity contribution in [2.24, 2.45) is 10.8 Å². The summed E-state index contributed by atoms with van der Waals surface area (Å²) in [5.41, 5.74) is 1.03. The fourth-order valence-electron chi connectivity index (χ4n) is 4.82. The molecule has 1 N–H and O–H groups in total. The van der Waals surface area contributed by atoms with Crippen LogP contribution in [0.2, 0.25) is 0 Å². The van der Waals surface area contributed by atoms with Gasteiger partial charge in [0.25, 0.3) is 0 Å². The molecule has 1 saturated heterocycles. The lowest BCUT2D eigenvalue weighted by Crippen LogP contribution is -2.50. The molecule has 0 bridgehead atoms. The van der Waals surface area contributed by atoms with Gasteiger partial charge in [0.05, 0.1) is 0 Å². The van der Waals surface area contributed by atoms with E-state index in [1.165, 1.54) is 38.6 Å². The third-order valence-electron chi connectivity index (χ3n) is 4.86. The van der Waals surface area contributed by atoms with Crippen molar-refractivity contribution in [2.45, 2.75) is 71.9 Å². The van der Waals surface area contributed by atoms with Crippen molar-refractivity contribution >= 4 is 0 Å². The zero-order valence-electron chi connectivity index (χ0n) is 13.1. The predicted molar refractivity (Wildman–Crippen MR) is 78.9 cm³/mol. The summed E-state index contributed by atoms with van der Waals surface area (Å²) in [6.07, 6.45) is 6.93. The van der Waals surface area contributed by atoms with E-state index in [2.05, 4.69) is 45.0 Å². The minimum atomic E-state index is 0.513. The molecule has 0 aromatic heterocycles. The molecule has 0 aromatic rings. The van der Waals surface area contributed by atoms with Gasteiger partial charge in [-0.25, -0.2) is 0 Å². The lowest BCUT2D eigenvalue weighted by molar-refractivity contribution is 0.0191. The van der Waals surface area contributed by atoms with E-state index in [1.807, 2.05) is 0 Å². The molecule has 2 heteroatoms. The van der Waals surface area contributed by atoms with Crippen LogP contribution < -0.4 is 5.32 Å². The smallest absolute Gasteiger partial charge is 0.0223 e. The second-order valence-electron chi connectivity index (χ2n) is 8.16. The van der Waals surface area contributed by atoms with Gasteiger partial charge in [-0.3, -0.25) is 4.90 Å². The van der Waals surface area contributed by atoms with Gasteiger partial charge in [-0.1, -0.05) is 27.7 Å². The first-order chi connectivity index (χ1) is 8.33. The van der Waals surface area contributed by atoms with Crippen molar-refractivity contribution in [1.82, 2.24) is 10.2 Å². The molecule has 1 heterocycles. The zero-order valence-corrected chi connectivity index (χ0v) is 13.1. The van der Waals surface area contributed by atoms with Crippen molar-refractivity contribution in [3.63, 3.8) is 0 Å². The van der Waals surface area contributed by atoms with Crippen molar-refractivity contribution in [3.8, 4) is 0 Å². The zero-order chi connectivity index (χ0) is 13.4. The molecular weight excluding hydrogens is 220 g/mol. The Kier molecular flexibility index (Phi) is 4.08. The third-order valence-corrected chi connectivity index (χ3v) is 4.86. The van der Waals surface area contributed by atoms with Crippen LogP contribution in [0.15, 0.2) is 0 Å². The second-order valence-corrected chi connectivity index (χ2v) is 8.16. The van der Waals surface area contributed by atoms with Crippen LogP contribution in [0.1, 0.15) is 59.8 Å². The summed E-state index contributed by atoms with van der Waals surface area (Å²) in [4.78, 5) is 2.82. The van der Waals surface area contributed by atoms with Crippen LogP contribution in [-0.4, -0.2) is 37.1 Å². The van der Waals surface area contributed by atoms with Gasteiger partial charge in [0.15, 0.2) is 0 Å². The molecular formula is C16H32N2. The van der Waals surface area contributed by atoms with E-state index in [-0.39, 0.29) is 0 Å². The monoisotopic (exact) mass is 252 g/mol. The van der Waals surface area contributed by atoms with Crippen LogP contribution in [0, 0.1) is 10.8 Å². The molecule has 0 spiro atoms. The molecule has 2 aliphatic rings. The number of likely N-dealkylation sites (tertiary alicyclic amines) is 1. The Morgan fingerprint density at radius 2 is 1.72 bits per heavy atom. The molecule has 1 atom stereocenters. The number of nitrogens with zero attached hydrogens (tertiary/aromatic N) is 1. The molecule has 106 valence electrons. The van der Waals surface area contributed by atoms with Crippen molar-refractivity contribution in [3.05, 3.63) is 0 Å². The van der Waals surface area contributed by atoms with Gasteiger partial charge in [0, 0.05) is 18.6 Å². The van der Waals surface area contributed by atoms with Crippen molar-refractivity contribution in [1.29, 1.82) is 0 Å². The molecule has 2 fully saturated rings. The highest BCUT2D eigenvalue weighted by atomic mass is 15.2. The van der Waals surface area contributed by atoms with Gasteiger partial charge in [0.1, 0.15) is 0 Å². The lowest BCUT2D eigenvalue weighted by atomic mass is 9.63. The average molecular weight is 252 g/mol. The maximum atomic E-state index is 3.38. The Hall–Kier alpha value is -0.0800. The molecule has 2 nitrogen and oxygen atoms in total. The Morgan fingerprint density at radius 1 is 1.11 bits per heavy atom. The first-order valence-electron chi connectivity index (χ1n) is 7.73. The minimum absolute atomic E-state index is 0.513. The Balaban J connectivity index is 2.07. The SMILES string of the molecule is CNCC1CCCN1C1CC(C)(C)CC(C)(C)C1. The number of rotatable bonds is 3. The molecule has 0 aromatic carbocycles. The topological polar surface area (TPSA) is 15.3 Å². The van der Waals surface area contributed by atoms with E-state index < -0.39 is 0 Å². The van der Waals surface area contributed by atoms with E-state index in [0.717, 1.165) is 18.6 Å². The first-order valence-corrected chi connectivity index (χ1v) is 7.73. The summed E-state index contributed by atoms with van der Waals surface area (Å²) in [6, 6.07) is 1.59. The number of hydrogen-bond donors (Lipinski definition) is 1. The molecule has 1 saturated carbocycles. The van der Waals surface area contributed by atoms with E-state index >= 15 is 0 Å². The summed E-state index contributed by atoms with van der Waals surface area (Å²) in [6.45, 7) is 12.3. The van der Waals surface area contributed by atoms with Crippen LogP contribution in [0.25, 0.3) is 0 Å². The fraction of sp³-hybridized carbons (Fsp3) is 1.00. The first kappa shape index (κ1) is 14.3. The highest BCUT2D eigenvalue weighted by molar-refractivity contribution is 4.96. The molecule has 0 radical (unpaired) electrons. The number of hydrogen-bond acceptors (Lipinski definition) is 2. The second kappa shape index (κ2) is 5.13. The summed E-state index contributed by atoms with van der Waals surface area (Å²) in [7, 11) is 2.09. The van der Waals surface area contributed by atoms with Crippen molar-refractivity contribution in [2.75, 3.05) is 20.1 Å². The van der Waals surface area contributed by atoms with Gasteiger partial charge >= 0.3 is 0 Å². The lowest BCUT2D eigenvalue weighted by Gasteiger charge is -2.49. The van der Waals surface area contributed by atoms with E-state index in [1.54, 1.807) is 0 Å². The highest BCUT2D eigenvalue weighted by Crippen LogP contribution is 2.48. The molecule has 1 aliphatic heterocycles. The maximum Gasteiger partial charge on any atom is 0.0223 e. The molecule has 18 heavy (non-hydrogen) atoms. The summed E-state index contributed by atoms with van der Waals surface area (Å²) in [5, 5.41) is 3.38. The molecule has 1 unspecified atom stereocenters. The van der Waals surface area contributed by atoms with E-state index in [4.69, 9.17) is 0 Å². The van der Waals surface area contributed by atoms with Gasteiger partial charge in [-0.05, 0) is 56.5 Å². The third kappa shape index (κ3) is 3.27. The highest BCUT2D eigenvalue weighted by Gasteiger charge is 2.42. The molecule has 2 rings (SSSR count). The molecule has 0 amide bonds. The Morgan fingerprint density at radius 3 is 2.28 bits per heavy atom. The Labute approximate surface area is 114 Å². The average Bonchev–Trinajstić information content (AvgIpc) is 2.61. The summed E-state index contributed by atoms with van der Waals surface area (Å²) < 4.78 is 0. The minimum Gasteiger partial charge on any atom is -0.318 e. The fourth-order valence-corrected chi connectivity index (χ4v) is 4.82. The van der Waals surface area contributed by atoms with Crippen LogP contribution in [0.4, 0.5) is 0 Å². The van der Waals surface area contributed by atoms with Crippen molar-refractivity contribution < 1.29 is 0 Å². The van der Waals surface area contributed by atoms with Crippen LogP contribution in [-0.2, 0) is 0 Å². The van der Waals surface area contributed by atoms with E-state index in [9.17, 15) is 0 Å². The van der Waals surface area contributed by atoms with Crippen LogP contribution in [0.3, 0.4) is 0 Å². The number of nitrogens with one attached hydrogen (secondary N) is 1. The van der Waals surface area contributed by atoms with Gasteiger partial charge in [0.2, 0.25) is 0 Å². The maximum absolute atomic E-state index is 3.38. The van der Waals surface area contributed by atoms with Gasteiger partial charge in [-0.2, -0.15) is 0 Å². The van der Waals surface area contributed by atoms with Crippen LogP contribution in [0.5, 0.6) is 0 Å². The summed E-state index contributed by atoms with van der Waals surface area (Å²) in [5.74, 6) is 0. The van der Waals surface area contributed by atoms with Gasteiger partial charge in [-0.15, -0.1) is 0 Å². The van der Waals surface area contributed by atoms with Gasteiger partial charge < -0.3 is 5.32 Å². The number of likely N-dealkylation sites (N-methyl/N-ethyl adjacent to an activating group) is 1. The predicted octanol–water partition coefficient (Wildman–Crippen LogP) is 3.28. The van der Waals surface area contributed by atoms with Crippen LogP contribution >= 0.6 is 0 Å². The molecule has 1 aliphatic carbocycles. The normalized spacial score (nSPS) is 32.8. The Bertz CT molecular complexity index is 267. The van der Waals surface area contributed by atoms with E-state index in [0.29, 0.717) is 10.8 Å². The largest absolute Gasteiger partial charge is 0.318 e. The summed E-state index contributed by atoms with van der Waals surface area (Å²) >= 11 is 0. The standard InChI is InChI=1S/C16H32N2/c1-15(2)9-14(10-16(3,4)12-15)18-8-6-7-13(18)11-17-5/h13-14,17H,6-12H2,1-5H3. The quantitative estimate of drug-likeness (QED) is 0.829.